The molecule has 3 N–H and O–H groups in total. The van der Waals surface area contributed by atoms with E-state index in [0.717, 1.165) is 58.3 Å². The molecule has 0 radical (unpaired) electrons. The zero-order valence-electron chi connectivity index (χ0n) is 12.9. The number of carbonyl (C=O) groups excluding carboxylic acids is 1. The third-order valence-electron chi connectivity index (χ3n) is 5.31. The van der Waals surface area contributed by atoms with Crippen molar-refractivity contribution in [3.8, 4) is 0 Å². The zero-order chi connectivity index (χ0) is 14.5. The van der Waals surface area contributed by atoms with E-state index in [9.17, 15) is 4.79 Å². The van der Waals surface area contributed by atoms with Gasteiger partial charge in [-0.1, -0.05) is 32.6 Å². The van der Waals surface area contributed by atoms with Crippen LogP contribution in [0.1, 0.15) is 58.3 Å². The molecule has 0 aromatic carbocycles. The number of rotatable bonds is 4. The highest BCUT2D eigenvalue weighted by Crippen LogP contribution is 2.35. The highest BCUT2D eigenvalue weighted by atomic mass is 16.5. The minimum absolute atomic E-state index is 0.189. The fraction of sp³-hybridized carbons (Fsp3) is 0.938. The van der Waals surface area contributed by atoms with Crippen LogP contribution in [0.5, 0.6) is 0 Å². The first kappa shape index (κ1) is 15.8. The molecule has 2 fully saturated rings. The second-order valence-corrected chi connectivity index (χ2v) is 7.00. The molecule has 0 bridgehead atoms. The Morgan fingerprint density at radius 2 is 1.70 bits per heavy atom. The van der Waals surface area contributed by atoms with Gasteiger partial charge in [0.15, 0.2) is 0 Å². The van der Waals surface area contributed by atoms with Crippen LogP contribution in [0.2, 0.25) is 0 Å². The van der Waals surface area contributed by atoms with Crippen molar-refractivity contribution in [2.45, 2.75) is 58.3 Å². The molecule has 0 unspecified atom stereocenters. The molecule has 4 heteroatoms. The van der Waals surface area contributed by atoms with Crippen LogP contribution in [0.15, 0.2) is 0 Å². The SMILES string of the molecule is CC1(CNC(=O)C2(CN)CCCCCC2)CCOCC1. The molecule has 1 saturated carbocycles. The van der Waals surface area contributed by atoms with Gasteiger partial charge in [-0.25, -0.2) is 0 Å². The predicted octanol–water partition coefficient (Wildman–Crippen LogP) is 2.22. The number of carbonyl (C=O) groups is 1. The van der Waals surface area contributed by atoms with Gasteiger partial charge in [0.25, 0.3) is 0 Å². The number of hydrogen-bond acceptors (Lipinski definition) is 3. The van der Waals surface area contributed by atoms with E-state index in [1.165, 1.54) is 12.8 Å². The van der Waals surface area contributed by atoms with Crippen LogP contribution in [0.25, 0.3) is 0 Å². The lowest BCUT2D eigenvalue weighted by molar-refractivity contribution is -0.132. The lowest BCUT2D eigenvalue weighted by Gasteiger charge is -2.36. The minimum Gasteiger partial charge on any atom is -0.381 e. The van der Waals surface area contributed by atoms with Crippen LogP contribution in [0.3, 0.4) is 0 Å². The van der Waals surface area contributed by atoms with Crippen LogP contribution in [0.4, 0.5) is 0 Å². The molecule has 1 aliphatic heterocycles. The first-order chi connectivity index (χ1) is 9.60. The summed E-state index contributed by atoms with van der Waals surface area (Å²) in [6, 6.07) is 0. The summed E-state index contributed by atoms with van der Waals surface area (Å²) < 4.78 is 5.41. The number of nitrogens with one attached hydrogen (secondary N) is 1. The van der Waals surface area contributed by atoms with Crippen molar-refractivity contribution in [3.05, 3.63) is 0 Å². The molecular formula is C16H30N2O2. The van der Waals surface area contributed by atoms with Gasteiger partial charge in [0, 0.05) is 26.3 Å². The molecule has 0 aromatic rings. The zero-order valence-corrected chi connectivity index (χ0v) is 12.9. The van der Waals surface area contributed by atoms with E-state index in [1.807, 2.05) is 0 Å². The molecule has 0 spiro atoms. The van der Waals surface area contributed by atoms with Crippen molar-refractivity contribution in [1.82, 2.24) is 5.32 Å². The Morgan fingerprint density at radius 3 is 2.25 bits per heavy atom. The molecule has 20 heavy (non-hydrogen) atoms. The molecule has 1 saturated heterocycles. The normalized spacial score (nSPS) is 25.7. The molecule has 1 heterocycles. The van der Waals surface area contributed by atoms with Crippen LogP contribution >= 0.6 is 0 Å². The van der Waals surface area contributed by atoms with Crippen molar-refractivity contribution in [2.24, 2.45) is 16.6 Å². The van der Waals surface area contributed by atoms with Crippen LogP contribution in [0, 0.1) is 10.8 Å². The topological polar surface area (TPSA) is 64.4 Å². The summed E-state index contributed by atoms with van der Waals surface area (Å²) in [5.41, 5.74) is 5.85. The average Bonchev–Trinajstić information content (AvgIpc) is 2.72. The Bertz CT molecular complexity index is 316. The van der Waals surface area contributed by atoms with E-state index < -0.39 is 0 Å². The maximum absolute atomic E-state index is 12.7. The van der Waals surface area contributed by atoms with Gasteiger partial charge in [-0.15, -0.1) is 0 Å². The van der Waals surface area contributed by atoms with E-state index in [-0.39, 0.29) is 16.7 Å². The molecule has 4 nitrogen and oxygen atoms in total. The van der Waals surface area contributed by atoms with Crippen LogP contribution < -0.4 is 11.1 Å². The van der Waals surface area contributed by atoms with Crippen molar-refractivity contribution in [2.75, 3.05) is 26.3 Å². The summed E-state index contributed by atoms with van der Waals surface area (Å²) in [7, 11) is 0. The van der Waals surface area contributed by atoms with Gasteiger partial charge in [0.05, 0.1) is 5.41 Å². The van der Waals surface area contributed by atoms with Gasteiger partial charge in [0.1, 0.15) is 0 Å². The third-order valence-corrected chi connectivity index (χ3v) is 5.31. The van der Waals surface area contributed by atoms with E-state index in [2.05, 4.69) is 12.2 Å². The first-order valence-corrected chi connectivity index (χ1v) is 8.16. The van der Waals surface area contributed by atoms with Gasteiger partial charge in [-0.2, -0.15) is 0 Å². The summed E-state index contributed by atoms with van der Waals surface area (Å²) >= 11 is 0. The summed E-state index contributed by atoms with van der Waals surface area (Å²) in [6.07, 6.45) is 8.72. The van der Waals surface area contributed by atoms with Gasteiger partial charge < -0.3 is 15.8 Å². The lowest BCUT2D eigenvalue weighted by atomic mass is 9.78. The second kappa shape index (κ2) is 6.90. The predicted molar refractivity (Wildman–Crippen MR) is 80.4 cm³/mol. The lowest BCUT2D eigenvalue weighted by Crippen LogP contribution is -2.49. The Morgan fingerprint density at radius 1 is 1.10 bits per heavy atom. The molecular weight excluding hydrogens is 252 g/mol. The minimum atomic E-state index is -0.308. The number of nitrogens with two attached hydrogens (primary N) is 1. The van der Waals surface area contributed by atoms with Crippen molar-refractivity contribution >= 4 is 5.91 Å². The quantitative estimate of drug-likeness (QED) is 0.777. The highest BCUT2D eigenvalue weighted by molar-refractivity contribution is 5.83. The van der Waals surface area contributed by atoms with Gasteiger partial charge in [-0.05, 0) is 31.1 Å². The summed E-state index contributed by atoms with van der Waals surface area (Å²) in [4.78, 5) is 12.7. The van der Waals surface area contributed by atoms with Crippen molar-refractivity contribution < 1.29 is 9.53 Å². The first-order valence-electron chi connectivity index (χ1n) is 8.16. The van der Waals surface area contributed by atoms with E-state index in [1.54, 1.807) is 0 Å². The third kappa shape index (κ3) is 3.73. The van der Waals surface area contributed by atoms with Crippen LogP contribution in [-0.4, -0.2) is 32.2 Å². The van der Waals surface area contributed by atoms with Crippen LogP contribution in [-0.2, 0) is 9.53 Å². The molecule has 0 aromatic heterocycles. The van der Waals surface area contributed by atoms with E-state index in [0.29, 0.717) is 6.54 Å². The highest BCUT2D eigenvalue weighted by Gasteiger charge is 2.38. The Labute approximate surface area is 122 Å². The Kier molecular flexibility index (Phi) is 5.44. The molecule has 2 aliphatic rings. The standard InChI is InChI=1S/C16H30N2O2/c1-15(8-10-20-11-9-15)13-18-14(19)16(12-17)6-4-2-3-5-7-16/h2-13,17H2,1H3,(H,18,19). The average molecular weight is 282 g/mol. The molecule has 1 amide bonds. The Hall–Kier alpha value is -0.610. The maximum atomic E-state index is 12.7. The van der Waals surface area contributed by atoms with Gasteiger partial charge >= 0.3 is 0 Å². The Balaban J connectivity index is 1.91. The van der Waals surface area contributed by atoms with E-state index in [4.69, 9.17) is 10.5 Å². The van der Waals surface area contributed by atoms with Gasteiger partial charge in [0.2, 0.25) is 5.91 Å². The second-order valence-electron chi connectivity index (χ2n) is 7.00. The number of amides is 1. The fourth-order valence-electron chi connectivity index (χ4n) is 3.45. The summed E-state index contributed by atoms with van der Waals surface area (Å²) in [5.74, 6) is 0.189. The maximum Gasteiger partial charge on any atom is 0.227 e. The van der Waals surface area contributed by atoms with E-state index >= 15 is 0 Å². The molecule has 116 valence electrons. The van der Waals surface area contributed by atoms with Gasteiger partial charge in [-0.3, -0.25) is 4.79 Å². The monoisotopic (exact) mass is 282 g/mol. The molecule has 0 atom stereocenters. The van der Waals surface area contributed by atoms with Crippen molar-refractivity contribution in [1.29, 1.82) is 0 Å². The smallest absolute Gasteiger partial charge is 0.227 e. The molecule has 2 rings (SSSR count). The summed E-state index contributed by atoms with van der Waals surface area (Å²) in [5, 5.41) is 3.21. The summed E-state index contributed by atoms with van der Waals surface area (Å²) in [6.45, 7) is 5.12. The molecule has 1 aliphatic carbocycles. The van der Waals surface area contributed by atoms with Crippen molar-refractivity contribution in [3.63, 3.8) is 0 Å². The number of ether oxygens (including phenoxy) is 1. The number of hydrogen-bond donors (Lipinski definition) is 2. The fourth-order valence-corrected chi connectivity index (χ4v) is 3.45. The largest absolute Gasteiger partial charge is 0.381 e.